The van der Waals surface area contributed by atoms with E-state index in [1.165, 1.54) is 0 Å². The van der Waals surface area contributed by atoms with Crippen molar-refractivity contribution in [3.63, 3.8) is 0 Å². The lowest BCUT2D eigenvalue weighted by molar-refractivity contribution is 0.0954. The number of H-pyrrole nitrogens is 1. The van der Waals surface area contributed by atoms with E-state index in [4.69, 9.17) is 23.2 Å². The van der Waals surface area contributed by atoms with E-state index in [-0.39, 0.29) is 5.91 Å². The molecular formula is C15H12Cl2N4O. The molecule has 3 aromatic rings. The highest BCUT2D eigenvalue weighted by atomic mass is 35.5. The molecule has 1 heterocycles. The van der Waals surface area contributed by atoms with Gasteiger partial charge < -0.3 is 5.32 Å². The summed E-state index contributed by atoms with van der Waals surface area (Å²) in [5.41, 5.74) is 2.87. The summed E-state index contributed by atoms with van der Waals surface area (Å²) in [5.74, 6) is -0.157. The number of halogens is 2. The smallest absolute Gasteiger partial charge is 0.251 e. The molecule has 2 N–H and O–H groups in total. The Bertz CT molecular complexity index is 831. The van der Waals surface area contributed by atoms with Crippen LogP contribution in [-0.4, -0.2) is 27.9 Å². The Labute approximate surface area is 136 Å². The minimum Gasteiger partial charge on any atom is -0.352 e. The van der Waals surface area contributed by atoms with Gasteiger partial charge in [0.1, 0.15) is 11.0 Å². The Kier molecular flexibility index (Phi) is 4.27. The van der Waals surface area contributed by atoms with Crippen LogP contribution >= 0.6 is 23.2 Å². The molecule has 0 saturated carbocycles. The first-order valence-corrected chi connectivity index (χ1v) is 7.42. The molecule has 0 radical (unpaired) electrons. The summed E-state index contributed by atoms with van der Waals surface area (Å²) in [7, 11) is 0. The molecule has 1 amide bonds. The molecule has 1 aromatic heterocycles. The van der Waals surface area contributed by atoms with Crippen molar-refractivity contribution in [1.29, 1.82) is 0 Å². The van der Waals surface area contributed by atoms with Crippen LogP contribution in [0.3, 0.4) is 0 Å². The number of aromatic nitrogens is 3. The van der Waals surface area contributed by atoms with E-state index in [1.807, 2.05) is 6.07 Å². The van der Waals surface area contributed by atoms with Gasteiger partial charge in [0, 0.05) is 22.2 Å². The predicted octanol–water partition coefficient (Wildman–Crippen LogP) is 3.24. The molecular weight excluding hydrogens is 323 g/mol. The van der Waals surface area contributed by atoms with Crippen LogP contribution < -0.4 is 5.32 Å². The minimum absolute atomic E-state index is 0.157. The molecule has 5 nitrogen and oxygen atoms in total. The number of nitrogens with one attached hydrogen (secondary N) is 2. The minimum atomic E-state index is -0.157. The largest absolute Gasteiger partial charge is 0.352 e. The van der Waals surface area contributed by atoms with Crippen molar-refractivity contribution in [3.05, 3.63) is 57.6 Å². The highest BCUT2D eigenvalue weighted by Crippen LogP contribution is 2.21. The maximum atomic E-state index is 12.1. The van der Waals surface area contributed by atoms with Crippen molar-refractivity contribution in [2.75, 3.05) is 6.54 Å². The summed E-state index contributed by atoms with van der Waals surface area (Å²) in [4.78, 5) is 12.1. The standard InChI is InChI=1S/C15H12Cl2N4O/c16-11-3-1-9(12(17)8-11)5-6-18-15(22)10-2-4-13-14(7-10)20-21-19-13/h1-4,7-8H,5-6H2,(H,18,22)(H,19,20,21). The molecule has 7 heteroatoms. The van der Waals surface area contributed by atoms with Crippen LogP contribution in [-0.2, 0) is 6.42 Å². The van der Waals surface area contributed by atoms with E-state index in [1.54, 1.807) is 30.3 Å². The molecule has 3 rings (SSSR count). The second-order valence-corrected chi connectivity index (χ2v) is 5.61. The number of hydrogen-bond acceptors (Lipinski definition) is 3. The van der Waals surface area contributed by atoms with Gasteiger partial charge in [-0.1, -0.05) is 29.3 Å². The summed E-state index contributed by atoms with van der Waals surface area (Å²) in [5, 5.41) is 14.5. The second-order valence-electron chi connectivity index (χ2n) is 4.77. The van der Waals surface area contributed by atoms with Crippen LogP contribution in [0.5, 0.6) is 0 Å². The third-order valence-corrected chi connectivity index (χ3v) is 3.86. The van der Waals surface area contributed by atoms with Crippen molar-refractivity contribution in [2.24, 2.45) is 0 Å². The number of carbonyl (C=O) groups is 1. The normalized spacial score (nSPS) is 10.8. The van der Waals surface area contributed by atoms with Gasteiger partial charge in [-0.2, -0.15) is 15.4 Å². The molecule has 0 atom stereocenters. The fourth-order valence-electron chi connectivity index (χ4n) is 2.12. The summed E-state index contributed by atoms with van der Waals surface area (Å²) < 4.78 is 0. The van der Waals surface area contributed by atoms with E-state index in [2.05, 4.69) is 20.7 Å². The van der Waals surface area contributed by atoms with Gasteiger partial charge in [-0.25, -0.2) is 0 Å². The monoisotopic (exact) mass is 334 g/mol. The summed E-state index contributed by atoms with van der Waals surface area (Å²) in [6.07, 6.45) is 0.633. The number of fused-ring (bicyclic) bond motifs is 1. The Balaban J connectivity index is 1.62. The molecule has 112 valence electrons. The van der Waals surface area contributed by atoms with E-state index in [0.717, 1.165) is 11.1 Å². The van der Waals surface area contributed by atoms with Gasteiger partial charge in [0.2, 0.25) is 0 Å². The third kappa shape index (κ3) is 3.21. The zero-order valence-electron chi connectivity index (χ0n) is 11.4. The average Bonchev–Trinajstić information content (AvgIpc) is 2.96. The number of nitrogens with zero attached hydrogens (tertiary/aromatic N) is 2. The highest BCUT2D eigenvalue weighted by Gasteiger charge is 2.08. The van der Waals surface area contributed by atoms with Crippen LogP contribution in [0.25, 0.3) is 11.0 Å². The van der Waals surface area contributed by atoms with Gasteiger partial charge in [0.15, 0.2) is 0 Å². The molecule has 0 bridgehead atoms. The van der Waals surface area contributed by atoms with E-state index in [9.17, 15) is 4.79 Å². The zero-order valence-corrected chi connectivity index (χ0v) is 12.9. The summed E-state index contributed by atoms with van der Waals surface area (Å²) in [6, 6.07) is 10.5. The zero-order chi connectivity index (χ0) is 15.5. The van der Waals surface area contributed by atoms with Crippen molar-refractivity contribution in [3.8, 4) is 0 Å². The Hall–Kier alpha value is -2.11. The van der Waals surface area contributed by atoms with Crippen LogP contribution in [0.2, 0.25) is 10.0 Å². The summed E-state index contributed by atoms with van der Waals surface area (Å²) >= 11 is 12.0. The molecule has 0 fully saturated rings. The molecule has 0 saturated heterocycles. The fourth-order valence-corrected chi connectivity index (χ4v) is 2.62. The van der Waals surface area contributed by atoms with Crippen molar-refractivity contribution < 1.29 is 4.79 Å². The molecule has 0 aliphatic heterocycles. The lowest BCUT2D eigenvalue weighted by Crippen LogP contribution is -2.25. The maximum absolute atomic E-state index is 12.1. The van der Waals surface area contributed by atoms with Crippen LogP contribution in [0, 0.1) is 0 Å². The summed E-state index contributed by atoms with van der Waals surface area (Å²) in [6.45, 7) is 0.483. The first-order chi connectivity index (χ1) is 10.6. The fraction of sp³-hybridized carbons (Fsp3) is 0.133. The first kappa shape index (κ1) is 14.8. The highest BCUT2D eigenvalue weighted by molar-refractivity contribution is 6.35. The molecule has 22 heavy (non-hydrogen) atoms. The predicted molar refractivity (Wildman–Crippen MR) is 86.4 cm³/mol. The molecule has 0 aliphatic carbocycles. The lowest BCUT2D eigenvalue weighted by atomic mass is 10.1. The van der Waals surface area contributed by atoms with Gasteiger partial charge in [-0.3, -0.25) is 4.79 Å². The Morgan fingerprint density at radius 1 is 1.09 bits per heavy atom. The number of hydrogen-bond donors (Lipinski definition) is 2. The Morgan fingerprint density at radius 3 is 2.73 bits per heavy atom. The Morgan fingerprint density at radius 2 is 1.91 bits per heavy atom. The molecule has 0 unspecified atom stereocenters. The first-order valence-electron chi connectivity index (χ1n) is 6.66. The average molecular weight is 335 g/mol. The number of benzene rings is 2. The number of amides is 1. The lowest BCUT2D eigenvalue weighted by Gasteiger charge is -2.07. The van der Waals surface area contributed by atoms with Crippen LogP contribution in [0.4, 0.5) is 0 Å². The van der Waals surface area contributed by atoms with E-state index in [0.29, 0.717) is 34.1 Å². The SMILES string of the molecule is O=C(NCCc1ccc(Cl)cc1Cl)c1ccc2n[nH]nc2c1. The van der Waals surface area contributed by atoms with Crippen molar-refractivity contribution >= 4 is 40.1 Å². The third-order valence-electron chi connectivity index (χ3n) is 3.27. The molecule has 0 spiro atoms. The van der Waals surface area contributed by atoms with Gasteiger partial charge in [0.25, 0.3) is 5.91 Å². The number of rotatable bonds is 4. The van der Waals surface area contributed by atoms with Gasteiger partial charge in [-0.05, 0) is 42.3 Å². The second kappa shape index (κ2) is 6.34. The van der Waals surface area contributed by atoms with Gasteiger partial charge >= 0.3 is 0 Å². The van der Waals surface area contributed by atoms with Crippen LogP contribution in [0.15, 0.2) is 36.4 Å². The van der Waals surface area contributed by atoms with E-state index < -0.39 is 0 Å². The van der Waals surface area contributed by atoms with Crippen molar-refractivity contribution in [1.82, 2.24) is 20.7 Å². The van der Waals surface area contributed by atoms with Gasteiger partial charge in [0.05, 0.1) is 0 Å². The maximum Gasteiger partial charge on any atom is 0.251 e. The van der Waals surface area contributed by atoms with Crippen LogP contribution in [0.1, 0.15) is 15.9 Å². The quantitative estimate of drug-likeness (QED) is 0.769. The molecule has 2 aromatic carbocycles. The number of carbonyl (C=O) groups excluding carboxylic acids is 1. The number of aromatic amines is 1. The van der Waals surface area contributed by atoms with Crippen molar-refractivity contribution in [2.45, 2.75) is 6.42 Å². The molecule has 0 aliphatic rings. The van der Waals surface area contributed by atoms with E-state index >= 15 is 0 Å². The topological polar surface area (TPSA) is 70.7 Å². The van der Waals surface area contributed by atoms with Gasteiger partial charge in [-0.15, -0.1) is 0 Å².